The number of carbonyl (C=O) groups is 2. The van der Waals surface area contributed by atoms with E-state index in [0.717, 1.165) is 42.0 Å². The third kappa shape index (κ3) is 5.88. The standard InChI is InChI=1S/C34H35N3O2/c1-3-25-15-17-26(18-16-25)29-11-5-6-12-30(29)33(38)35-28-21-19-27(20-22-28)34(39)36(2)31-13-7-8-14-32(31)37-23-9-4-10-24-37/h5-8,11-22H,3-4,9-10,23-24H2,1-2H3,(H,35,38). The van der Waals surface area contributed by atoms with Crippen LogP contribution in [0.3, 0.4) is 0 Å². The molecule has 0 saturated carbocycles. The number of amides is 2. The average Bonchev–Trinajstić information content (AvgIpc) is 3.01. The summed E-state index contributed by atoms with van der Waals surface area (Å²) in [4.78, 5) is 30.7. The smallest absolute Gasteiger partial charge is 0.258 e. The summed E-state index contributed by atoms with van der Waals surface area (Å²) in [5.41, 5.74) is 6.98. The van der Waals surface area contributed by atoms with Crippen LogP contribution in [0.2, 0.25) is 0 Å². The van der Waals surface area contributed by atoms with Gasteiger partial charge >= 0.3 is 0 Å². The Hall–Kier alpha value is -4.38. The van der Waals surface area contributed by atoms with Crippen molar-refractivity contribution >= 4 is 28.9 Å². The SMILES string of the molecule is CCc1ccc(-c2ccccc2C(=O)Nc2ccc(C(=O)N(C)c3ccccc3N3CCCCC3)cc2)cc1. The molecule has 0 radical (unpaired) electrons. The molecule has 5 rings (SSSR count). The normalized spacial score (nSPS) is 13.1. The quantitative estimate of drug-likeness (QED) is 0.277. The Labute approximate surface area is 231 Å². The maximum absolute atomic E-state index is 13.4. The van der Waals surface area contributed by atoms with Crippen molar-refractivity contribution in [2.24, 2.45) is 0 Å². The maximum atomic E-state index is 13.4. The van der Waals surface area contributed by atoms with Crippen molar-refractivity contribution in [3.05, 3.63) is 114 Å². The van der Waals surface area contributed by atoms with Gasteiger partial charge in [-0.3, -0.25) is 9.59 Å². The molecule has 4 aromatic carbocycles. The second kappa shape index (κ2) is 12.0. The lowest BCUT2D eigenvalue weighted by molar-refractivity contribution is 0.0991. The van der Waals surface area contributed by atoms with E-state index in [1.165, 1.54) is 24.8 Å². The first-order chi connectivity index (χ1) is 19.0. The molecule has 0 aromatic heterocycles. The van der Waals surface area contributed by atoms with Crippen molar-refractivity contribution in [3.8, 4) is 11.1 Å². The minimum Gasteiger partial charge on any atom is -0.370 e. The Morgan fingerprint density at radius 1 is 0.795 bits per heavy atom. The number of carbonyl (C=O) groups excluding carboxylic acids is 2. The van der Waals surface area contributed by atoms with Crippen LogP contribution in [-0.4, -0.2) is 32.0 Å². The molecule has 1 N–H and O–H groups in total. The number of hydrogen-bond donors (Lipinski definition) is 1. The summed E-state index contributed by atoms with van der Waals surface area (Å²) in [5, 5.41) is 3.00. The largest absolute Gasteiger partial charge is 0.370 e. The molecule has 2 amide bonds. The van der Waals surface area contributed by atoms with Gasteiger partial charge in [0.05, 0.1) is 11.4 Å². The topological polar surface area (TPSA) is 52.7 Å². The second-order valence-corrected chi connectivity index (χ2v) is 10.0. The fourth-order valence-electron chi connectivity index (χ4n) is 5.20. The van der Waals surface area contributed by atoms with Crippen LogP contribution in [0.25, 0.3) is 11.1 Å². The lowest BCUT2D eigenvalue weighted by atomic mass is 9.97. The molecule has 1 saturated heterocycles. The first-order valence-electron chi connectivity index (χ1n) is 13.8. The van der Waals surface area contributed by atoms with E-state index in [9.17, 15) is 9.59 Å². The number of hydrogen-bond acceptors (Lipinski definition) is 3. The summed E-state index contributed by atoms with van der Waals surface area (Å²) in [6, 6.07) is 31.2. The number of aryl methyl sites for hydroxylation is 1. The molecule has 5 nitrogen and oxygen atoms in total. The summed E-state index contributed by atoms with van der Waals surface area (Å²) in [5.74, 6) is -0.268. The van der Waals surface area contributed by atoms with Crippen LogP contribution in [0.4, 0.5) is 17.1 Å². The molecule has 1 fully saturated rings. The molecule has 0 atom stereocenters. The van der Waals surface area contributed by atoms with Gasteiger partial charge in [0.1, 0.15) is 0 Å². The first kappa shape index (κ1) is 26.2. The third-order valence-corrected chi connectivity index (χ3v) is 7.48. The summed E-state index contributed by atoms with van der Waals surface area (Å²) in [6.07, 6.45) is 4.58. The van der Waals surface area contributed by atoms with Crippen molar-refractivity contribution in [1.29, 1.82) is 0 Å². The molecule has 1 aliphatic heterocycles. The number of nitrogens with one attached hydrogen (secondary N) is 1. The van der Waals surface area contributed by atoms with Crippen LogP contribution in [0, 0.1) is 0 Å². The van der Waals surface area contributed by atoms with E-state index in [1.54, 1.807) is 29.2 Å². The van der Waals surface area contributed by atoms with E-state index in [-0.39, 0.29) is 11.8 Å². The molecule has 39 heavy (non-hydrogen) atoms. The van der Waals surface area contributed by atoms with Gasteiger partial charge in [-0.25, -0.2) is 0 Å². The summed E-state index contributed by atoms with van der Waals surface area (Å²) in [7, 11) is 1.82. The molecule has 1 aliphatic rings. The monoisotopic (exact) mass is 517 g/mol. The Balaban J connectivity index is 1.30. The van der Waals surface area contributed by atoms with Gasteiger partial charge in [0.2, 0.25) is 0 Å². The van der Waals surface area contributed by atoms with Crippen molar-refractivity contribution < 1.29 is 9.59 Å². The number of para-hydroxylation sites is 2. The van der Waals surface area contributed by atoms with Gasteiger partial charge in [-0.05, 0) is 84.8 Å². The molecule has 0 spiro atoms. The molecular weight excluding hydrogens is 482 g/mol. The average molecular weight is 518 g/mol. The fraction of sp³-hybridized carbons (Fsp3) is 0.235. The highest BCUT2D eigenvalue weighted by atomic mass is 16.2. The van der Waals surface area contributed by atoms with E-state index >= 15 is 0 Å². The van der Waals surface area contributed by atoms with Gasteiger partial charge in [-0.15, -0.1) is 0 Å². The van der Waals surface area contributed by atoms with E-state index < -0.39 is 0 Å². The van der Waals surface area contributed by atoms with Crippen molar-refractivity contribution in [2.75, 3.05) is 35.3 Å². The van der Waals surface area contributed by atoms with Gasteiger partial charge in [0, 0.05) is 37.0 Å². The van der Waals surface area contributed by atoms with Crippen LogP contribution < -0.4 is 15.1 Å². The highest BCUT2D eigenvalue weighted by molar-refractivity contribution is 6.10. The molecule has 4 aromatic rings. The van der Waals surface area contributed by atoms with E-state index in [1.807, 2.05) is 49.5 Å². The summed E-state index contributed by atoms with van der Waals surface area (Å²) in [6.45, 7) is 4.16. The molecule has 198 valence electrons. The fourth-order valence-corrected chi connectivity index (χ4v) is 5.20. The number of nitrogens with zero attached hydrogens (tertiary/aromatic N) is 2. The number of rotatable bonds is 7. The first-order valence-corrected chi connectivity index (χ1v) is 13.8. The number of anilines is 3. The van der Waals surface area contributed by atoms with Crippen molar-refractivity contribution in [3.63, 3.8) is 0 Å². The van der Waals surface area contributed by atoms with Gasteiger partial charge < -0.3 is 15.1 Å². The van der Waals surface area contributed by atoms with Crippen LogP contribution in [-0.2, 0) is 6.42 Å². The van der Waals surface area contributed by atoms with E-state index in [2.05, 4.69) is 47.5 Å². The van der Waals surface area contributed by atoms with Gasteiger partial charge in [0.15, 0.2) is 0 Å². The van der Waals surface area contributed by atoms with Crippen molar-refractivity contribution in [2.45, 2.75) is 32.6 Å². The Bertz CT molecular complexity index is 1440. The molecule has 0 aliphatic carbocycles. The molecule has 1 heterocycles. The minimum atomic E-state index is -0.183. The van der Waals surface area contributed by atoms with Gasteiger partial charge in [0.25, 0.3) is 11.8 Å². The second-order valence-electron chi connectivity index (χ2n) is 10.0. The van der Waals surface area contributed by atoms with Gasteiger partial charge in [-0.1, -0.05) is 61.5 Å². The molecular formula is C34H35N3O2. The Morgan fingerprint density at radius 2 is 1.46 bits per heavy atom. The van der Waals surface area contributed by atoms with E-state index in [0.29, 0.717) is 16.8 Å². The van der Waals surface area contributed by atoms with Crippen LogP contribution in [0.5, 0.6) is 0 Å². The Morgan fingerprint density at radius 3 is 2.18 bits per heavy atom. The predicted molar refractivity (Wildman–Crippen MR) is 161 cm³/mol. The zero-order valence-electron chi connectivity index (χ0n) is 22.7. The van der Waals surface area contributed by atoms with Crippen molar-refractivity contribution in [1.82, 2.24) is 0 Å². The van der Waals surface area contributed by atoms with E-state index in [4.69, 9.17) is 0 Å². The predicted octanol–water partition coefficient (Wildman–Crippen LogP) is 7.44. The summed E-state index contributed by atoms with van der Waals surface area (Å²) >= 11 is 0. The molecule has 5 heteroatoms. The minimum absolute atomic E-state index is 0.0850. The number of piperidine rings is 1. The maximum Gasteiger partial charge on any atom is 0.258 e. The zero-order valence-corrected chi connectivity index (χ0v) is 22.7. The molecule has 0 bridgehead atoms. The lowest BCUT2D eigenvalue weighted by Crippen LogP contribution is -2.33. The van der Waals surface area contributed by atoms with Crippen LogP contribution in [0.15, 0.2) is 97.1 Å². The molecule has 0 unspecified atom stereocenters. The summed E-state index contributed by atoms with van der Waals surface area (Å²) < 4.78 is 0. The number of benzene rings is 4. The highest BCUT2D eigenvalue weighted by Crippen LogP contribution is 2.32. The van der Waals surface area contributed by atoms with Crippen LogP contribution in [0.1, 0.15) is 52.5 Å². The van der Waals surface area contributed by atoms with Gasteiger partial charge in [-0.2, -0.15) is 0 Å². The highest BCUT2D eigenvalue weighted by Gasteiger charge is 2.21. The van der Waals surface area contributed by atoms with Crippen LogP contribution >= 0.6 is 0 Å². The lowest BCUT2D eigenvalue weighted by Gasteiger charge is -2.32. The Kier molecular flexibility index (Phi) is 8.07. The zero-order chi connectivity index (χ0) is 27.2. The third-order valence-electron chi connectivity index (χ3n) is 7.48.